The summed E-state index contributed by atoms with van der Waals surface area (Å²) < 4.78 is 6.16. The number of carbonyl (C=O) groups is 1. The summed E-state index contributed by atoms with van der Waals surface area (Å²) in [5.41, 5.74) is 0. The lowest BCUT2D eigenvalue weighted by Gasteiger charge is -2.37. The Kier molecular flexibility index (Phi) is 4.58. The van der Waals surface area contributed by atoms with Gasteiger partial charge in [-0.25, -0.2) is 0 Å². The Morgan fingerprint density at radius 3 is 2.35 bits per heavy atom. The minimum atomic E-state index is -1.69. The Bertz CT molecular complexity index is 278. The molecule has 0 amide bonds. The monoisotopic (exact) mass is 256 g/mol. The predicted octanol–water partition coefficient (Wildman–Crippen LogP) is 4.01. The number of ketones is 1. The van der Waals surface area contributed by atoms with Crippen molar-refractivity contribution in [3.05, 3.63) is 0 Å². The molecule has 0 radical (unpaired) electrons. The van der Waals surface area contributed by atoms with E-state index in [1.807, 2.05) is 0 Å². The maximum absolute atomic E-state index is 11.9. The molecule has 0 aromatic heterocycles. The molecular weight excluding hydrogens is 228 g/mol. The van der Waals surface area contributed by atoms with Gasteiger partial charge in [0.15, 0.2) is 8.32 Å². The van der Waals surface area contributed by atoms with Crippen molar-refractivity contribution in [2.24, 2.45) is 11.8 Å². The van der Waals surface area contributed by atoms with Crippen molar-refractivity contribution >= 4 is 14.1 Å². The third kappa shape index (κ3) is 3.92. The first kappa shape index (κ1) is 14.9. The summed E-state index contributed by atoms with van der Waals surface area (Å²) in [6.07, 6.45) is 2.96. The van der Waals surface area contributed by atoms with Crippen LogP contribution in [0.15, 0.2) is 0 Å². The predicted molar refractivity (Wildman–Crippen MR) is 74.7 cm³/mol. The molecule has 0 heterocycles. The lowest BCUT2D eigenvalue weighted by atomic mass is 9.82. The second-order valence-electron chi connectivity index (χ2n) is 7.12. The third-order valence-corrected chi connectivity index (χ3v) is 8.97. The van der Waals surface area contributed by atoms with Crippen LogP contribution < -0.4 is 0 Å². The molecule has 1 fully saturated rings. The van der Waals surface area contributed by atoms with Gasteiger partial charge in [0.25, 0.3) is 0 Å². The van der Waals surface area contributed by atoms with Crippen LogP contribution in [0.1, 0.15) is 47.0 Å². The number of hydrogen-bond donors (Lipinski definition) is 0. The maximum Gasteiger partial charge on any atom is 0.192 e. The van der Waals surface area contributed by atoms with Gasteiger partial charge in [-0.15, -0.1) is 0 Å². The fourth-order valence-corrected chi connectivity index (χ4v) is 3.01. The van der Waals surface area contributed by atoms with Crippen LogP contribution in [-0.2, 0) is 9.22 Å². The molecule has 100 valence electrons. The van der Waals surface area contributed by atoms with Crippen LogP contribution in [0.25, 0.3) is 0 Å². The maximum atomic E-state index is 11.9. The normalized spacial score (nSPS) is 27.3. The molecule has 1 rings (SSSR count). The number of rotatable bonds is 3. The molecule has 0 unspecified atom stereocenters. The zero-order valence-corrected chi connectivity index (χ0v) is 13.3. The van der Waals surface area contributed by atoms with Gasteiger partial charge in [0.2, 0.25) is 0 Å². The molecule has 2 nitrogen and oxygen atoms in total. The Morgan fingerprint density at radius 2 is 1.88 bits per heavy atom. The second-order valence-corrected chi connectivity index (χ2v) is 11.9. The van der Waals surface area contributed by atoms with Crippen molar-refractivity contribution in [2.75, 3.05) is 6.61 Å². The highest BCUT2D eigenvalue weighted by Crippen LogP contribution is 2.37. The smallest absolute Gasteiger partial charge is 0.192 e. The molecule has 1 saturated carbocycles. The Labute approximate surface area is 107 Å². The summed E-state index contributed by atoms with van der Waals surface area (Å²) in [6, 6.07) is 0. The molecule has 0 aliphatic heterocycles. The molecule has 1 aliphatic rings. The van der Waals surface area contributed by atoms with Gasteiger partial charge in [0.1, 0.15) is 5.78 Å². The van der Waals surface area contributed by atoms with Crippen LogP contribution in [0.3, 0.4) is 0 Å². The first-order valence-electron chi connectivity index (χ1n) is 6.80. The van der Waals surface area contributed by atoms with E-state index in [1.165, 1.54) is 6.42 Å². The third-order valence-electron chi connectivity index (χ3n) is 4.46. The van der Waals surface area contributed by atoms with Crippen LogP contribution in [0.2, 0.25) is 18.1 Å². The van der Waals surface area contributed by atoms with Crippen molar-refractivity contribution < 1.29 is 9.22 Å². The van der Waals surface area contributed by atoms with E-state index in [9.17, 15) is 4.79 Å². The fourth-order valence-electron chi connectivity index (χ4n) is 1.96. The number of Topliss-reactive ketones (excluding diaryl/α,β-unsaturated/α-hetero) is 1. The summed E-state index contributed by atoms with van der Waals surface area (Å²) in [7, 11) is -1.69. The van der Waals surface area contributed by atoms with Crippen molar-refractivity contribution in [1.29, 1.82) is 0 Å². The molecular formula is C14H28O2Si. The molecule has 0 aromatic rings. The topological polar surface area (TPSA) is 26.3 Å². The number of hydrogen-bond acceptors (Lipinski definition) is 2. The Balaban J connectivity index is 2.49. The first-order valence-corrected chi connectivity index (χ1v) is 9.71. The van der Waals surface area contributed by atoms with Crippen molar-refractivity contribution in [3.8, 4) is 0 Å². The van der Waals surface area contributed by atoms with Crippen molar-refractivity contribution in [3.63, 3.8) is 0 Å². The van der Waals surface area contributed by atoms with Crippen LogP contribution in [0, 0.1) is 11.8 Å². The van der Waals surface area contributed by atoms with Crippen LogP contribution in [0.4, 0.5) is 0 Å². The van der Waals surface area contributed by atoms with Crippen LogP contribution in [0.5, 0.6) is 0 Å². The van der Waals surface area contributed by atoms with Gasteiger partial charge in [0, 0.05) is 18.9 Å². The zero-order chi connectivity index (χ0) is 13.3. The molecule has 0 bridgehead atoms. The molecule has 0 saturated heterocycles. The minimum Gasteiger partial charge on any atom is -0.416 e. The summed E-state index contributed by atoms with van der Waals surface area (Å²) in [4.78, 5) is 11.9. The van der Waals surface area contributed by atoms with E-state index in [2.05, 4.69) is 40.8 Å². The summed E-state index contributed by atoms with van der Waals surface area (Å²) in [6.45, 7) is 14.1. The molecule has 0 spiro atoms. The largest absolute Gasteiger partial charge is 0.416 e. The summed E-state index contributed by atoms with van der Waals surface area (Å²) in [5, 5.41) is 0.234. The van der Waals surface area contributed by atoms with Crippen molar-refractivity contribution in [2.45, 2.75) is 65.1 Å². The van der Waals surface area contributed by atoms with Gasteiger partial charge >= 0.3 is 0 Å². The number of carbonyl (C=O) groups excluding carboxylic acids is 1. The lowest BCUT2D eigenvalue weighted by Crippen LogP contribution is -2.43. The lowest BCUT2D eigenvalue weighted by molar-refractivity contribution is -0.126. The van der Waals surface area contributed by atoms with Crippen LogP contribution >= 0.6 is 0 Å². The standard InChI is InChI=1S/C14H28O2Si/c1-11-7-8-12(13(15)9-11)10-16-17(5,6)14(2,3)4/h11-12H,7-10H2,1-6H3/t11-,12-/m1/s1. The highest BCUT2D eigenvalue weighted by Gasteiger charge is 2.38. The van der Waals surface area contributed by atoms with E-state index >= 15 is 0 Å². The van der Waals surface area contributed by atoms with E-state index in [4.69, 9.17) is 4.43 Å². The van der Waals surface area contributed by atoms with E-state index in [1.54, 1.807) is 0 Å². The van der Waals surface area contributed by atoms with E-state index in [0.717, 1.165) is 12.8 Å². The summed E-state index contributed by atoms with van der Waals surface area (Å²) >= 11 is 0. The molecule has 2 atom stereocenters. The molecule has 1 aliphatic carbocycles. The minimum absolute atomic E-state index is 0.167. The SMILES string of the molecule is C[C@@H]1CC[C@H](CO[Si](C)(C)C(C)(C)C)C(=O)C1. The molecule has 3 heteroatoms. The van der Waals surface area contributed by atoms with Gasteiger partial charge in [-0.2, -0.15) is 0 Å². The van der Waals surface area contributed by atoms with E-state index in [-0.39, 0.29) is 11.0 Å². The average Bonchev–Trinajstić information content (AvgIpc) is 2.14. The molecule has 0 aromatic carbocycles. The quantitative estimate of drug-likeness (QED) is 0.713. The average molecular weight is 256 g/mol. The zero-order valence-electron chi connectivity index (χ0n) is 12.3. The van der Waals surface area contributed by atoms with Gasteiger partial charge in [-0.05, 0) is 36.9 Å². The van der Waals surface area contributed by atoms with Gasteiger partial charge in [-0.1, -0.05) is 27.7 Å². The van der Waals surface area contributed by atoms with Gasteiger partial charge in [0.05, 0.1) is 0 Å². The van der Waals surface area contributed by atoms with E-state index in [0.29, 0.717) is 18.3 Å². The second kappa shape index (κ2) is 5.23. The fraction of sp³-hybridized carbons (Fsp3) is 0.929. The van der Waals surface area contributed by atoms with Crippen LogP contribution in [-0.4, -0.2) is 20.7 Å². The highest BCUT2D eigenvalue weighted by molar-refractivity contribution is 6.74. The molecule has 17 heavy (non-hydrogen) atoms. The summed E-state index contributed by atoms with van der Waals surface area (Å²) in [5.74, 6) is 1.16. The van der Waals surface area contributed by atoms with Gasteiger partial charge in [-0.3, -0.25) is 4.79 Å². The Hall–Kier alpha value is -0.153. The van der Waals surface area contributed by atoms with Crippen molar-refractivity contribution in [1.82, 2.24) is 0 Å². The highest BCUT2D eigenvalue weighted by atomic mass is 28.4. The molecule has 0 N–H and O–H groups in total. The Morgan fingerprint density at radius 1 is 1.29 bits per heavy atom. The van der Waals surface area contributed by atoms with Gasteiger partial charge < -0.3 is 4.43 Å². The van der Waals surface area contributed by atoms with E-state index < -0.39 is 8.32 Å². The first-order chi connectivity index (χ1) is 7.63.